The molecular weight excluding hydrogens is 457 g/mol. The number of imidazole rings is 1. The summed E-state index contributed by atoms with van der Waals surface area (Å²) in [6.45, 7) is 2.82. The molecule has 0 radical (unpaired) electrons. The average molecular weight is 480 g/mol. The number of aromatic nitrogens is 5. The Balaban J connectivity index is 1.41. The summed E-state index contributed by atoms with van der Waals surface area (Å²) >= 11 is 12.4. The summed E-state index contributed by atoms with van der Waals surface area (Å²) in [6.07, 6.45) is 9.74. The van der Waals surface area contributed by atoms with Crippen molar-refractivity contribution in [1.82, 2.24) is 24.3 Å². The second kappa shape index (κ2) is 9.04. The molecule has 2 aromatic carbocycles. The highest BCUT2D eigenvalue weighted by molar-refractivity contribution is 6.42. The van der Waals surface area contributed by atoms with Gasteiger partial charge >= 0.3 is 0 Å². The molecule has 0 fully saturated rings. The molecular formula is C25H23Cl2N5O. The van der Waals surface area contributed by atoms with Crippen molar-refractivity contribution in [2.75, 3.05) is 7.11 Å². The van der Waals surface area contributed by atoms with E-state index in [0.29, 0.717) is 15.9 Å². The van der Waals surface area contributed by atoms with E-state index in [0.717, 1.165) is 53.5 Å². The zero-order chi connectivity index (χ0) is 22.9. The van der Waals surface area contributed by atoms with E-state index in [1.54, 1.807) is 13.4 Å². The Bertz CT molecular complexity index is 1340. The van der Waals surface area contributed by atoms with Crippen LogP contribution < -0.4 is 4.74 Å². The van der Waals surface area contributed by atoms with E-state index < -0.39 is 0 Å². The highest BCUT2D eigenvalue weighted by atomic mass is 35.5. The summed E-state index contributed by atoms with van der Waals surface area (Å²) in [4.78, 5) is 9.13. The van der Waals surface area contributed by atoms with Crippen molar-refractivity contribution < 1.29 is 4.74 Å². The smallest absolute Gasteiger partial charge is 0.174 e. The lowest BCUT2D eigenvalue weighted by Gasteiger charge is -2.22. The lowest BCUT2D eigenvalue weighted by Crippen LogP contribution is -2.18. The maximum atomic E-state index is 6.26. The van der Waals surface area contributed by atoms with E-state index in [4.69, 9.17) is 38.0 Å². The van der Waals surface area contributed by atoms with Crippen LogP contribution in [0, 0.1) is 6.92 Å². The van der Waals surface area contributed by atoms with Crippen molar-refractivity contribution in [3.63, 3.8) is 0 Å². The molecule has 0 spiro atoms. The number of halogens is 2. The molecule has 2 aromatic heterocycles. The van der Waals surface area contributed by atoms with Gasteiger partial charge in [0.1, 0.15) is 11.6 Å². The van der Waals surface area contributed by atoms with E-state index in [9.17, 15) is 0 Å². The van der Waals surface area contributed by atoms with Crippen molar-refractivity contribution >= 4 is 35.4 Å². The molecule has 1 unspecified atom stereocenters. The Hall–Kier alpha value is -3.09. The highest BCUT2D eigenvalue weighted by Gasteiger charge is 2.25. The Morgan fingerprint density at radius 2 is 1.97 bits per heavy atom. The second-order valence-corrected chi connectivity index (χ2v) is 8.92. The van der Waals surface area contributed by atoms with Crippen molar-refractivity contribution in [2.45, 2.75) is 32.2 Å². The van der Waals surface area contributed by atoms with Crippen LogP contribution in [0.2, 0.25) is 10.0 Å². The second-order valence-electron chi connectivity index (χ2n) is 8.11. The molecule has 0 amide bonds. The Labute approximate surface area is 202 Å². The van der Waals surface area contributed by atoms with Crippen LogP contribution in [0.5, 0.6) is 5.75 Å². The van der Waals surface area contributed by atoms with Gasteiger partial charge in [0, 0.05) is 18.7 Å². The van der Waals surface area contributed by atoms with Crippen LogP contribution in [-0.4, -0.2) is 31.4 Å². The van der Waals surface area contributed by atoms with Crippen LogP contribution in [0.1, 0.15) is 47.2 Å². The summed E-state index contributed by atoms with van der Waals surface area (Å²) < 4.78 is 9.57. The van der Waals surface area contributed by atoms with Crippen molar-refractivity contribution in [3.8, 4) is 11.4 Å². The van der Waals surface area contributed by atoms with Crippen LogP contribution in [0.3, 0.4) is 0 Å². The van der Waals surface area contributed by atoms with E-state index in [1.165, 1.54) is 0 Å². The molecule has 6 nitrogen and oxygen atoms in total. The third-order valence-corrected chi connectivity index (χ3v) is 6.59. The molecule has 5 rings (SSSR count). The molecule has 1 aliphatic rings. The number of hydrogen-bond donors (Lipinski definition) is 0. The fourth-order valence-electron chi connectivity index (χ4n) is 4.22. The topological polar surface area (TPSA) is 57.8 Å². The minimum absolute atomic E-state index is 0.154. The zero-order valence-electron chi connectivity index (χ0n) is 18.4. The molecule has 0 N–H and O–H groups in total. The van der Waals surface area contributed by atoms with Gasteiger partial charge in [-0.05, 0) is 61.2 Å². The molecule has 3 heterocycles. The molecule has 1 aliphatic heterocycles. The minimum atomic E-state index is 0.154. The summed E-state index contributed by atoms with van der Waals surface area (Å²) in [5, 5.41) is 5.83. The van der Waals surface area contributed by atoms with E-state index >= 15 is 0 Å². The van der Waals surface area contributed by atoms with Gasteiger partial charge in [-0.25, -0.2) is 14.6 Å². The van der Waals surface area contributed by atoms with Gasteiger partial charge in [-0.15, -0.1) is 0 Å². The zero-order valence-corrected chi connectivity index (χ0v) is 19.9. The molecule has 4 aromatic rings. The van der Waals surface area contributed by atoms with Gasteiger partial charge in [-0.3, -0.25) is 0 Å². The maximum Gasteiger partial charge on any atom is 0.174 e. The first-order chi connectivity index (χ1) is 16.0. The summed E-state index contributed by atoms with van der Waals surface area (Å²) in [6, 6.07) is 11.9. The highest BCUT2D eigenvalue weighted by Crippen LogP contribution is 2.35. The Morgan fingerprint density at radius 1 is 1.09 bits per heavy atom. The quantitative estimate of drug-likeness (QED) is 0.342. The molecule has 0 bridgehead atoms. The molecule has 8 heteroatoms. The fraction of sp³-hybridized carbons (Fsp3) is 0.240. The number of fused-ring (bicyclic) bond motifs is 1. The fourth-order valence-corrected chi connectivity index (χ4v) is 4.53. The van der Waals surface area contributed by atoms with Crippen molar-refractivity contribution in [2.24, 2.45) is 0 Å². The average Bonchev–Trinajstić information content (AvgIpc) is 3.45. The largest absolute Gasteiger partial charge is 0.495 e. The van der Waals surface area contributed by atoms with Crippen LogP contribution in [0.25, 0.3) is 17.8 Å². The minimum Gasteiger partial charge on any atom is -0.495 e. The molecule has 1 atom stereocenters. The molecule has 33 heavy (non-hydrogen) atoms. The van der Waals surface area contributed by atoms with Gasteiger partial charge < -0.3 is 9.30 Å². The van der Waals surface area contributed by atoms with Gasteiger partial charge in [0.05, 0.1) is 34.9 Å². The van der Waals surface area contributed by atoms with Crippen molar-refractivity contribution in [3.05, 3.63) is 87.4 Å². The summed E-state index contributed by atoms with van der Waals surface area (Å²) in [5.74, 6) is 2.57. The normalized spacial score (nSPS) is 15.7. The number of ether oxygens (including phenoxy) is 1. The first-order valence-corrected chi connectivity index (χ1v) is 11.5. The van der Waals surface area contributed by atoms with Crippen LogP contribution in [0.15, 0.2) is 48.9 Å². The standard InChI is InChI=1S/C25H23Cl2N5O/c1-16-14-31(15-28-16)22-9-5-17(12-23(22)33-2)6-10-24-29-25-19(4-3-11-32(25)30-24)18-7-8-20(26)21(27)13-18/h5-10,12-15,19H,3-4,11H2,1-2H3. The van der Waals surface area contributed by atoms with Crippen molar-refractivity contribution in [1.29, 1.82) is 0 Å². The molecule has 0 saturated carbocycles. The summed E-state index contributed by atoms with van der Waals surface area (Å²) in [7, 11) is 1.67. The van der Waals surface area contributed by atoms with E-state index in [2.05, 4.69) is 4.98 Å². The van der Waals surface area contributed by atoms with Crippen LogP contribution in [0.4, 0.5) is 0 Å². The molecule has 0 aliphatic carbocycles. The maximum absolute atomic E-state index is 6.26. The van der Waals surface area contributed by atoms with Gasteiger partial charge in [-0.1, -0.05) is 41.4 Å². The van der Waals surface area contributed by atoms with Gasteiger partial charge in [0.2, 0.25) is 0 Å². The monoisotopic (exact) mass is 479 g/mol. The number of aryl methyl sites for hydroxylation is 2. The van der Waals surface area contributed by atoms with Gasteiger partial charge in [-0.2, -0.15) is 5.10 Å². The Morgan fingerprint density at radius 3 is 2.73 bits per heavy atom. The predicted octanol–water partition coefficient (Wildman–Crippen LogP) is 6.18. The van der Waals surface area contributed by atoms with E-state index in [-0.39, 0.29) is 5.92 Å². The Kier molecular flexibility index (Phi) is 5.96. The number of rotatable bonds is 5. The van der Waals surface area contributed by atoms with Crippen LogP contribution in [-0.2, 0) is 6.54 Å². The lowest BCUT2D eigenvalue weighted by molar-refractivity contribution is 0.413. The molecule has 0 saturated heterocycles. The third kappa shape index (κ3) is 4.41. The first kappa shape index (κ1) is 21.7. The van der Waals surface area contributed by atoms with Gasteiger partial charge in [0.15, 0.2) is 5.82 Å². The lowest BCUT2D eigenvalue weighted by atomic mass is 9.91. The van der Waals surface area contributed by atoms with Gasteiger partial charge in [0.25, 0.3) is 0 Å². The predicted molar refractivity (Wildman–Crippen MR) is 131 cm³/mol. The first-order valence-electron chi connectivity index (χ1n) is 10.8. The SMILES string of the molecule is COc1cc(C=Cc2nc3n(n2)CCCC3c2ccc(Cl)c(Cl)c2)ccc1-n1cnc(C)c1. The summed E-state index contributed by atoms with van der Waals surface area (Å²) in [5.41, 5.74) is 4.01. The number of methoxy groups -OCH3 is 1. The number of nitrogens with zero attached hydrogens (tertiary/aromatic N) is 5. The number of benzene rings is 2. The van der Waals surface area contributed by atoms with E-state index in [1.807, 2.05) is 70.9 Å². The number of hydrogen-bond acceptors (Lipinski definition) is 4. The molecule has 168 valence electrons. The van der Waals surface area contributed by atoms with Crippen LogP contribution >= 0.6 is 23.2 Å². The third-order valence-electron chi connectivity index (χ3n) is 5.86.